The normalized spacial score (nSPS) is 11.2. The van der Waals surface area contributed by atoms with Crippen LogP contribution in [0.25, 0.3) is 22.6 Å². The molecule has 30 heavy (non-hydrogen) atoms. The van der Waals surface area contributed by atoms with Crippen molar-refractivity contribution in [2.75, 3.05) is 37.1 Å². The first-order valence-corrected chi connectivity index (χ1v) is 10.6. The Hall–Kier alpha value is -3.40. The van der Waals surface area contributed by atoms with E-state index in [0.717, 1.165) is 6.26 Å². The number of carbonyl (C=O) groups excluding carboxylic acids is 1. The highest BCUT2D eigenvalue weighted by molar-refractivity contribution is 7.92. The molecule has 0 aliphatic heterocycles. The minimum atomic E-state index is -3.49. The summed E-state index contributed by atoms with van der Waals surface area (Å²) in [6.45, 7) is 0. The van der Waals surface area contributed by atoms with Crippen LogP contribution in [0.2, 0.25) is 0 Å². The van der Waals surface area contributed by atoms with E-state index in [1.165, 1.54) is 25.3 Å². The van der Waals surface area contributed by atoms with Crippen molar-refractivity contribution >= 4 is 27.4 Å². The number of methoxy groups -OCH3 is 1. The Bertz CT molecular complexity index is 1200. The second kappa shape index (κ2) is 8.15. The van der Waals surface area contributed by atoms with Crippen molar-refractivity contribution < 1.29 is 26.9 Å². The van der Waals surface area contributed by atoms with Crippen LogP contribution in [0.4, 0.5) is 15.8 Å². The van der Waals surface area contributed by atoms with Crippen LogP contribution < -0.4 is 9.62 Å². The first-order valence-electron chi connectivity index (χ1n) is 8.73. The molecule has 1 N–H and O–H groups in total. The number of anilines is 2. The lowest BCUT2D eigenvalue weighted by molar-refractivity contribution is 0.0595. The Kier molecular flexibility index (Phi) is 5.79. The summed E-state index contributed by atoms with van der Waals surface area (Å²) >= 11 is 0. The van der Waals surface area contributed by atoms with Crippen molar-refractivity contribution in [2.24, 2.45) is 0 Å². The average molecular weight is 433 g/mol. The zero-order valence-corrected chi connectivity index (χ0v) is 17.6. The van der Waals surface area contributed by atoms with Gasteiger partial charge >= 0.3 is 5.97 Å². The molecule has 0 fully saturated rings. The summed E-state index contributed by atoms with van der Waals surface area (Å²) in [5.41, 5.74) is 2.22. The third kappa shape index (κ3) is 4.60. The number of aromatic nitrogens is 1. The number of carbonyl (C=O) groups is 1. The lowest BCUT2D eigenvalue weighted by Crippen LogP contribution is -2.15. The molecule has 3 aromatic rings. The van der Waals surface area contributed by atoms with Gasteiger partial charge in [-0.2, -0.15) is 0 Å². The van der Waals surface area contributed by atoms with E-state index < -0.39 is 21.8 Å². The largest absolute Gasteiger partial charge is 0.465 e. The maximum atomic E-state index is 14.2. The molecule has 0 saturated carbocycles. The van der Waals surface area contributed by atoms with Gasteiger partial charge in [-0.1, -0.05) is 11.2 Å². The molecule has 0 atom stereocenters. The van der Waals surface area contributed by atoms with Gasteiger partial charge in [0.05, 0.1) is 30.3 Å². The number of halogens is 1. The SMILES string of the molecule is COC(=O)c1ccc(-c2cc(-c3ccc(N(C)C)c(NS(C)(=O)=O)c3)on2)cc1F. The number of esters is 1. The molecule has 0 radical (unpaired) electrons. The van der Waals surface area contributed by atoms with Crippen LogP contribution in [-0.4, -0.2) is 47.0 Å². The maximum Gasteiger partial charge on any atom is 0.340 e. The Morgan fingerprint density at radius 3 is 2.43 bits per heavy atom. The Balaban J connectivity index is 1.97. The van der Waals surface area contributed by atoms with Gasteiger partial charge in [0.2, 0.25) is 10.0 Å². The summed E-state index contributed by atoms with van der Waals surface area (Å²) in [5, 5.41) is 3.95. The van der Waals surface area contributed by atoms with Gasteiger partial charge in [-0.15, -0.1) is 0 Å². The van der Waals surface area contributed by atoms with E-state index in [1.807, 2.05) is 0 Å². The van der Waals surface area contributed by atoms with Gasteiger partial charge < -0.3 is 14.2 Å². The zero-order valence-electron chi connectivity index (χ0n) is 16.8. The molecule has 0 bridgehead atoms. The van der Waals surface area contributed by atoms with Crippen molar-refractivity contribution in [2.45, 2.75) is 0 Å². The summed E-state index contributed by atoms with van der Waals surface area (Å²) in [7, 11) is 1.27. The molecule has 158 valence electrons. The Morgan fingerprint density at radius 2 is 1.83 bits per heavy atom. The second-order valence-corrected chi connectivity index (χ2v) is 8.51. The number of nitrogens with one attached hydrogen (secondary N) is 1. The summed E-state index contributed by atoms with van der Waals surface area (Å²) < 4.78 is 50.0. The number of hydrogen-bond acceptors (Lipinski definition) is 7. The molecular formula is C20H20FN3O5S. The molecule has 1 heterocycles. The standard InChI is InChI=1S/C20H20FN3O5S/c1-24(2)18-8-6-13(10-17(18)23-30(4,26)27)19-11-16(22-29-19)12-5-7-14(15(21)9-12)20(25)28-3/h5-11,23H,1-4H3. The summed E-state index contributed by atoms with van der Waals surface area (Å²) in [6.07, 6.45) is 1.07. The van der Waals surface area contributed by atoms with Gasteiger partial charge in [-0.3, -0.25) is 4.72 Å². The highest BCUT2D eigenvalue weighted by Gasteiger charge is 2.17. The van der Waals surface area contributed by atoms with E-state index in [0.29, 0.717) is 34.0 Å². The maximum absolute atomic E-state index is 14.2. The molecule has 10 heteroatoms. The van der Waals surface area contributed by atoms with Crippen LogP contribution in [0.15, 0.2) is 47.0 Å². The van der Waals surface area contributed by atoms with Crippen molar-refractivity contribution in [3.05, 3.63) is 53.8 Å². The number of nitrogens with zero attached hydrogens (tertiary/aromatic N) is 2. The molecule has 0 unspecified atom stereocenters. The summed E-state index contributed by atoms with van der Waals surface area (Å²) in [4.78, 5) is 13.3. The zero-order chi connectivity index (χ0) is 22.1. The lowest BCUT2D eigenvalue weighted by Gasteiger charge is -2.18. The van der Waals surface area contributed by atoms with Gasteiger partial charge in [0, 0.05) is 31.3 Å². The fraction of sp³-hybridized carbons (Fsp3) is 0.200. The van der Waals surface area contributed by atoms with Crippen LogP contribution in [0.3, 0.4) is 0 Å². The minimum absolute atomic E-state index is 0.180. The summed E-state index contributed by atoms with van der Waals surface area (Å²) in [5.74, 6) is -1.14. The van der Waals surface area contributed by atoms with Crippen LogP contribution in [0, 0.1) is 5.82 Å². The van der Waals surface area contributed by atoms with E-state index >= 15 is 0 Å². The fourth-order valence-corrected chi connectivity index (χ4v) is 3.42. The van der Waals surface area contributed by atoms with Gasteiger partial charge in [0.1, 0.15) is 11.5 Å². The molecule has 0 amide bonds. The first kappa shape index (κ1) is 21.3. The van der Waals surface area contributed by atoms with Gasteiger partial charge in [-0.25, -0.2) is 17.6 Å². The predicted molar refractivity (Wildman–Crippen MR) is 111 cm³/mol. The van der Waals surface area contributed by atoms with Crippen molar-refractivity contribution in [3.8, 4) is 22.6 Å². The molecule has 0 saturated heterocycles. The quantitative estimate of drug-likeness (QED) is 0.595. The molecule has 0 spiro atoms. The van der Waals surface area contributed by atoms with E-state index in [4.69, 9.17) is 4.52 Å². The third-order valence-corrected chi connectivity index (χ3v) is 4.83. The molecule has 0 aliphatic rings. The minimum Gasteiger partial charge on any atom is -0.465 e. The van der Waals surface area contributed by atoms with E-state index in [9.17, 15) is 17.6 Å². The molecule has 8 nitrogen and oxygen atoms in total. The van der Waals surface area contributed by atoms with Gasteiger partial charge in [0.15, 0.2) is 5.76 Å². The highest BCUT2D eigenvalue weighted by atomic mass is 32.2. The predicted octanol–water partition coefficient (Wildman–Crippen LogP) is 3.37. The topological polar surface area (TPSA) is 102 Å². The molecule has 1 aromatic heterocycles. The van der Waals surface area contributed by atoms with Crippen LogP contribution in [-0.2, 0) is 14.8 Å². The molecule has 3 rings (SSSR count). The second-order valence-electron chi connectivity index (χ2n) is 6.76. The van der Waals surface area contributed by atoms with Crippen LogP contribution >= 0.6 is 0 Å². The number of ether oxygens (including phenoxy) is 1. The van der Waals surface area contributed by atoms with Crippen LogP contribution in [0.5, 0.6) is 0 Å². The number of sulfonamides is 1. The molecule has 0 aliphatic carbocycles. The van der Waals surface area contributed by atoms with Crippen molar-refractivity contribution in [1.29, 1.82) is 0 Å². The van der Waals surface area contributed by atoms with E-state index in [1.54, 1.807) is 43.3 Å². The van der Waals surface area contributed by atoms with Crippen molar-refractivity contribution in [3.63, 3.8) is 0 Å². The highest BCUT2D eigenvalue weighted by Crippen LogP contribution is 2.33. The number of hydrogen-bond donors (Lipinski definition) is 1. The summed E-state index contributed by atoms with van der Waals surface area (Å²) in [6, 6.07) is 10.7. The van der Waals surface area contributed by atoms with Crippen molar-refractivity contribution in [1.82, 2.24) is 5.16 Å². The monoisotopic (exact) mass is 433 g/mol. The smallest absolute Gasteiger partial charge is 0.340 e. The third-order valence-electron chi connectivity index (χ3n) is 4.24. The molecular weight excluding hydrogens is 413 g/mol. The van der Waals surface area contributed by atoms with E-state index in [-0.39, 0.29) is 5.56 Å². The van der Waals surface area contributed by atoms with Crippen LogP contribution in [0.1, 0.15) is 10.4 Å². The average Bonchev–Trinajstić information content (AvgIpc) is 3.16. The van der Waals surface area contributed by atoms with Gasteiger partial charge in [0.25, 0.3) is 0 Å². The fourth-order valence-electron chi connectivity index (χ4n) is 2.86. The number of benzene rings is 2. The molecule has 2 aromatic carbocycles. The van der Waals surface area contributed by atoms with E-state index in [2.05, 4.69) is 14.6 Å². The lowest BCUT2D eigenvalue weighted by atomic mass is 10.1. The van der Waals surface area contributed by atoms with Gasteiger partial charge in [-0.05, 0) is 30.3 Å². The first-order chi connectivity index (χ1) is 14.1. The number of rotatable bonds is 6. The Morgan fingerprint density at radius 1 is 1.13 bits per heavy atom. The Labute approximate surface area is 173 Å².